The Labute approximate surface area is 160 Å². The van der Waals surface area contributed by atoms with Crippen LogP contribution in [0.15, 0.2) is 41.5 Å². The quantitative estimate of drug-likeness (QED) is 0.825. The lowest BCUT2D eigenvalue weighted by molar-refractivity contribution is -0.120. The van der Waals surface area contributed by atoms with Gasteiger partial charge in [0.25, 0.3) is 0 Å². The monoisotopic (exact) mass is 363 g/mol. The van der Waals surface area contributed by atoms with E-state index in [1.807, 2.05) is 36.9 Å². The average molecular weight is 363 g/mol. The largest absolute Gasteiger partial charge is 0.491 e. The summed E-state index contributed by atoms with van der Waals surface area (Å²) >= 11 is 0. The van der Waals surface area contributed by atoms with E-state index in [9.17, 15) is 4.79 Å². The van der Waals surface area contributed by atoms with Gasteiger partial charge in [-0.1, -0.05) is 13.0 Å². The molecule has 0 spiro atoms. The number of carbonyl (C=O) groups excluding carboxylic acids is 1. The second-order valence-electron chi connectivity index (χ2n) is 7.70. The molecule has 5 nitrogen and oxygen atoms in total. The normalized spacial score (nSPS) is 19.3. The summed E-state index contributed by atoms with van der Waals surface area (Å²) in [6.07, 6.45) is 3.44. The van der Waals surface area contributed by atoms with E-state index in [0.717, 1.165) is 41.4 Å². The molecule has 1 unspecified atom stereocenters. The van der Waals surface area contributed by atoms with E-state index < -0.39 is 0 Å². The number of hydrogen-bond donors (Lipinski definition) is 0. The van der Waals surface area contributed by atoms with Crippen LogP contribution >= 0.6 is 0 Å². The number of benzene rings is 1. The number of carbonyl (C=O) groups is 1. The number of aliphatic imine (C=N–C) groups is 1. The van der Waals surface area contributed by atoms with Crippen molar-refractivity contribution in [2.75, 3.05) is 11.4 Å². The molecule has 5 heteroatoms. The molecule has 1 amide bonds. The van der Waals surface area contributed by atoms with Crippen LogP contribution in [0.1, 0.15) is 50.3 Å². The van der Waals surface area contributed by atoms with Crippen molar-refractivity contribution in [3.8, 4) is 5.75 Å². The fourth-order valence-electron chi connectivity index (χ4n) is 3.70. The van der Waals surface area contributed by atoms with Crippen molar-refractivity contribution in [1.82, 2.24) is 4.98 Å². The van der Waals surface area contributed by atoms with E-state index >= 15 is 0 Å². The third-order valence-electron chi connectivity index (χ3n) is 5.06. The van der Waals surface area contributed by atoms with Gasteiger partial charge in [-0.05, 0) is 56.0 Å². The highest BCUT2D eigenvalue weighted by molar-refractivity contribution is 6.15. The smallest absolute Gasteiger partial charge is 0.228 e. The van der Waals surface area contributed by atoms with Gasteiger partial charge in [0.15, 0.2) is 0 Å². The van der Waals surface area contributed by atoms with Gasteiger partial charge >= 0.3 is 0 Å². The van der Waals surface area contributed by atoms with E-state index in [2.05, 4.69) is 24.0 Å². The predicted octanol–water partition coefficient (Wildman–Crippen LogP) is 3.98. The highest BCUT2D eigenvalue weighted by atomic mass is 16.5. The molecule has 1 atom stereocenters. The van der Waals surface area contributed by atoms with Crippen LogP contribution in [-0.4, -0.2) is 29.3 Å². The van der Waals surface area contributed by atoms with Crippen LogP contribution in [0.3, 0.4) is 0 Å². The van der Waals surface area contributed by atoms with Gasteiger partial charge in [-0.2, -0.15) is 0 Å². The summed E-state index contributed by atoms with van der Waals surface area (Å²) in [5.41, 5.74) is 4.23. The van der Waals surface area contributed by atoms with Gasteiger partial charge in [0.1, 0.15) is 11.6 Å². The molecule has 1 aromatic carbocycles. The number of rotatable bonds is 4. The van der Waals surface area contributed by atoms with Gasteiger partial charge in [-0.25, -0.2) is 4.98 Å². The molecular formula is C22H25N3O2. The maximum atomic E-state index is 12.4. The highest BCUT2D eigenvalue weighted by Crippen LogP contribution is 2.29. The zero-order valence-electron chi connectivity index (χ0n) is 16.1. The average Bonchev–Trinajstić information content (AvgIpc) is 3.06. The van der Waals surface area contributed by atoms with Crippen LogP contribution in [0, 0.1) is 5.92 Å². The van der Waals surface area contributed by atoms with E-state index in [-0.39, 0.29) is 12.0 Å². The first kappa shape index (κ1) is 17.7. The van der Waals surface area contributed by atoms with Crippen molar-refractivity contribution in [3.05, 3.63) is 53.2 Å². The molecule has 0 bridgehead atoms. The van der Waals surface area contributed by atoms with Crippen LogP contribution in [0.5, 0.6) is 5.75 Å². The number of piperidine rings is 1. The highest BCUT2D eigenvalue weighted by Gasteiger charge is 2.26. The summed E-state index contributed by atoms with van der Waals surface area (Å²) < 4.78 is 5.85. The van der Waals surface area contributed by atoms with Gasteiger partial charge in [-0.3, -0.25) is 14.7 Å². The van der Waals surface area contributed by atoms with Gasteiger partial charge in [0.2, 0.25) is 5.91 Å². The lowest BCUT2D eigenvalue weighted by Gasteiger charge is -2.30. The Hall–Kier alpha value is -2.69. The van der Waals surface area contributed by atoms with Crippen LogP contribution in [0.2, 0.25) is 0 Å². The summed E-state index contributed by atoms with van der Waals surface area (Å²) in [6.45, 7) is 7.62. The summed E-state index contributed by atoms with van der Waals surface area (Å²) in [7, 11) is 0. The number of fused-ring (bicyclic) bond motifs is 1. The maximum absolute atomic E-state index is 12.4. The second-order valence-corrected chi connectivity index (χ2v) is 7.70. The summed E-state index contributed by atoms with van der Waals surface area (Å²) in [5, 5.41) is 0. The molecule has 4 rings (SSSR count). The third kappa shape index (κ3) is 3.59. The number of aromatic nitrogens is 1. The Morgan fingerprint density at radius 2 is 2.07 bits per heavy atom. The second kappa shape index (κ2) is 7.14. The van der Waals surface area contributed by atoms with Crippen LogP contribution in [0.4, 0.5) is 5.82 Å². The lowest BCUT2D eigenvalue weighted by Crippen LogP contribution is -2.39. The van der Waals surface area contributed by atoms with E-state index in [4.69, 9.17) is 9.73 Å². The molecule has 0 saturated carbocycles. The SMILES string of the molecule is CC1CCC(=O)N(c2cc(C3=NCc4ccc(OC(C)C)cc43)ccn2)C1. The van der Waals surface area contributed by atoms with E-state index in [1.54, 1.807) is 6.20 Å². The van der Waals surface area contributed by atoms with Crippen molar-refractivity contribution < 1.29 is 9.53 Å². The summed E-state index contributed by atoms with van der Waals surface area (Å²) in [5.74, 6) is 2.22. The molecule has 1 aromatic heterocycles. The Balaban J connectivity index is 1.65. The fraction of sp³-hybridized carbons (Fsp3) is 0.409. The number of anilines is 1. The fourth-order valence-corrected chi connectivity index (χ4v) is 3.70. The molecule has 0 radical (unpaired) electrons. The zero-order chi connectivity index (χ0) is 19.0. The van der Waals surface area contributed by atoms with Crippen LogP contribution in [-0.2, 0) is 11.3 Å². The summed E-state index contributed by atoms with van der Waals surface area (Å²) in [4.78, 5) is 23.4. The van der Waals surface area contributed by atoms with Gasteiger partial charge in [0.05, 0.1) is 18.4 Å². The van der Waals surface area contributed by atoms with Crippen molar-refractivity contribution in [2.24, 2.45) is 10.9 Å². The molecule has 2 aromatic rings. The number of hydrogen-bond acceptors (Lipinski definition) is 4. The molecule has 0 aliphatic carbocycles. The van der Waals surface area contributed by atoms with Gasteiger partial charge in [-0.15, -0.1) is 0 Å². The standard InChI is InChI=1S/C22H25N3O2/c1-14(2)27-18-6-5-17-12-24-22(19(17)11-18)16-8-9-23-20(10-16)25-13-15(3)4-7-21(25)26/h5-6,8-11,14-15H,4,7,12-13H2,1-3H3. The van der Waals surface area contributed by atoms with Crippen molar-refractivity contribution >= 4 is 17.4 Å². The minimum atomic E-state index is 0.129. The zero-order valence-corrected chi connectivity index (χ0v) is 16.1. The Morgan fingerprint density at radius 1 is 1.22 bits per heavy atom. The topological polar surface area (TPSA) is 54.8 Å². The third-order valence-corrected chi connectivity index (χ3v) is 5.06. The molecule has 0 N–H and O–H groups in total. The van der Waals surface area contributed by atoms with Gasteiger partial charge < -0.3 is 4.74 Å². The predicted molar refractivity (Wildman–Crippen MR) is 107 cm³/mol. The maximum Gasteiger partial charge on any atom is 0.228 e. The number of pyridine rings is 1. The Kier molecular flexibility index (Phi) is 4.68. The first-order chi connectivity index (χ1) is 13.0. The minimum absolute atomic E-state index is 0.129. The molecule has 2 aliphatic rings. The van der Waals surface area contributed by atoms with Crippen LogP contribution in [0.25, 0.3) is 0 Å². The molecule has 3 heterocycles. The van der Waals surface area contributed by atoms with E-state index in [1.165, 1.54) is 5.56 Å². The Morgan fingerprint density at radius 3 is 2.89 bits per heavy atom. The van der Waals surface area contributed by atoms with Gasteiger partial charge in [0, 0.05) is 30.3 Å². The van der Waals surface area contributed by atoms with Crippen molar-refractivity contribution in [3.63, 3.8) is 0 Å². The summed E-state index contributed by atoms with van der Waals surface area (Å²) in [6, 6.07) is 10.1. The molecule has 1 saturated heterocycles. The molecule has 27 heavy (non-hydrogen) atoms. The minimum Gasteiger partial charge on any atom is -0.491 e. The van der Waals surface area contributed by atoms with Crippen molar-refractivity contribution in [2.45, 2.75) is 46.3 Å². The molecular weight excluding hydrogens is 338 g/mol. The molecule has 140 valence electrons. The first-order valence-corrected chi connectivity index (χ1v) is 9.62. The number of amides is 1. The van der Waals surface area contributed by atoms with Crippen LogP contribution < -0.4 is 9.64 Å². The van der Waals surface area contributed by atoms with E-state index in [0.29, 0.717) is 18.9 Å². The molecule has 1 fully saturated rings. The lowest BCUT2D eigenvalue weighted by atomic mass is 9.98. The Bertz CT molecular complexity index is 904. The number of ether oxygens (including phenoxy) is 1. The first-order valence-electron chi connectivity index (χ1n) is 9.62. The number of nitrogens with zero attached hydrogens (tertiary/aromatic N) is 3. The van der Waals surface area contributed by atoms with Crippen molar-refractivity contribution in [1.29, 1.82) is 0 Å². The molecule has 2 aliphatic heterocycles.